The molecule has 0 spiro atoms. The number of furan rings is 1. The van der Waals surface area contributed by atoms with Crippen molar-refractivity contribution in [2.24, 2.45) is 5.92 Å². The fraction of sp³-hybridized carbons (Fsp3) is 0.429. The minimum Gasteiger partial charge on any atom is -0.479 e. The van der Waals surface area contributed by atoms with Gasteiger partial charge in [-0.3, -0.25) is 4.79 Å². The molecule has 20 heavy (non-hydrogen) atoms. The van der Waals surface area contributed by atoms with Gasteiger partial charge in [-0.2, -0.15) is 12.6 Å². The molecule has 0 saturated heterocycles. The van der Waals surface area contributed by atoms with Crippen molar-refractivity contribution in [3.8, 4) is 0 Å². The summed E-state index contributed by atoms with van der Waals surface area (Å²) >= 11 is 4.16. The summed E-state index contributed by atoms with van der Waals surface area (Å²) in [4.78, 5) is 25.1. The number of aliphatic carboxylic acids is 1. The van der Waals surface area contributed by atoms with Crippen LogP contribution >= 0.6 is 12.6 Å². The molecule has 1 aliphatic rings. The van der Waals surface area contributed by atoms with Crippen molar-refractivity contribution in [3.63, 3.8) is 0 Å². The zero-order chi connectivity index (χ0) is 14.7. The van der Waals surface area contributed by atoms with Gasteiger partial charge in [0, 0.05) is 17.2 Å². The average molecular weight is 295 g/mol. The zero-order valence-corrected chi connectivity index (χ0v) is 12.0. The maximum absolute atomic E-state index is 12.4. The number of amides is 1. The molecule has 0 saturated carbocycles. The van der Waals surface area contributed by atoms with Crippen LogP contribution in [0.15, 0.2) is 28.9 Å². The summed E-state index contributed by atoms with van der Waals surface area (Å²) in [6, 6.07) is 2.56. The number of carboxylic acid groups (broad SMARTS) is 1. The van der Waals surface area contributed by atoms with Crippen LogP contribution in [-0.4, -0.2) is 40.2 Å². The molecule has 2 unspecified atom stereocenters. The van der Waals surface area contributed by atoms with E-state index in [0.29, 0.717) is 17.9 Å². The maximum atomic E-state index is 12.4. The van der Waals surface area contributed by atoms with Crippen molar-refractivity contribution in [1.29, 1.82) is 0 Å². The second kappa shape index (κ2) is 6.17. The molecule has 1 aromatic heterocycles. The monoisotopic (exact) mass is 295 g/mol. The van der Waals surface area contributed by atoms with Crippen molar-refractivity contribution in [2.75, 3.05) is 12.3 Å². The summed E-state index contributed by atoms with van der Waals surface area (Å²) in [6.45, 7) is 2.15. The van der Waals surface area contributed by atoms with Crippen LogP contribution in [0.1, 0.15) is 19.1 Å². The van der Waals surface area contributed by atoms with Crippen molar-refractivity contribution in [1.82, 2.24) is 4.90 Å². The van der Waals surface area contributed by atoms with Crippen molar-refractivity contribution < 1.29 is 19.1 Å². The number of thiol groups is 1. The number of hydrogen-bond acceptors (Lipinski definition) is 4. The summed E-state index contributed by atoms with van der Waals surface area (Å²) in [6.07, 6.45) is 3.74. The molecular formula is C14H17NO4S. The highest BCUT2D eigenvalue weighted by Gasteiger charge is 2.37. The van der Waals surface area contributed by atoms with E-state index in [4.69, 9.17) is 4.42 Å². The Labute approximate surface area is 122 Å². The molecule has 1 N–H and O–H groups in total. The van der Waals surface area contributed by atoms with Crippen LogP contribution in [0.4, 0.5) is 0 Å². The highest BCUT2D eigenvalue weighted by Crippen LogP contribution is 2.27. The highest BCUT2D eigenvalue weighted by atomic mass is 32.1. The standard InChI is InChI=1S/C14H17NO4S/c1-2-9(8-20)13(16)15-7-10(6-11(15)14(17)18)12-4-3-5-19-12/h3-6,9,11,20H,2,7-8H2,1H3,(H,17,18). The Morgan fingerprint density at radius 1 is 1.60 bits per heavy atom. The van der Waals surface area contributed by atoms with Gasteiger partial charge in [0.25, 0.3) is 0 Å². The first-order valence-corrected chi connectivity index (χ1v) is 7.10. The molecule has 2 heterocycles. The average Bonchev–Trinajstić information content (AvgIpc) is 3.08. The van der Waals surface area contributed by atoms with E-state index in [9.17, 15) is 14.7 Å². The third-order valence-corrected chi connectivity index (χ3v) is 3.91. The van der Waals surface area contributed by atoms with E-state index in [2.05, 4.69) is 12.6 Å². The third-order valence-electron chi connectivity index (χ3n) is 3.47. The normalized spacial score (nSPS) is 19.8. The van der Waals surface area contributed by atoms with Gasteiger partial charge in [-0.25, -0.2) is 4.79 Å². The van der Waals surface area contributed by atoms with Gasteiger partial charge in [0.1, 0.15) is 11.8 Å². The zero-order valence-electron chi connectivity index (χ0n) is 11.2. The molecule has 5 nitrogen and oxygen atoms in total. The molecule has 0 bridgehead atoms. The van der Waals surface area contributed by atoms with E-state index in [1.807, 2.05) is 6.92 Å². The molecule has 2 rings (SSSR count). The lowest BCUT2D eigenvalue weighted by atomic mass is 10.1. The smallest absolute Gasteiger partial charge is 0.330 e. The molecule has 0 fully saturated rings. The lowest BCUT2D eigenvalue weighted by Crippen LogP contribution is -2.44. The lowest BCUT2D eigenvalue weighted by Gasteiger charge is -2.25. The van der Waals surface area contributed by atoms with Gasteiger partial charge >= 0.3 is 5.97 Å². The summed E-state index contributed by atoms with van der Waals surface area (Å²) in [5.74, 6) is -0.453. The Bertz CT molecular complexity index is 519. The van der Waals surface area contributed by atoms with E-state index < -0.39 is 12.0 Å². The first kappa shape index (κ1) is 14.7. The fourth-order valence-corrected chi connectivity index (χ4v) is 2.69. The highest BCUT2D eigenvalue weighted by molar-refractivity contribution is 7.80. The second-order valence-electron chi connectivity index (χ2n) is 4.71. The second-order valence-corrected chi connectivity index (χ2v) is 5.07. The molecular weight excluding hydrogens is 278 g/mol. The van der Waals surface area contributed by atoms with Crippen LogP contribution in [0.5, 0.6) is 0 Å². The van der Waals surface area contributed by atoms with Gasteiger partial charge < -0.3 is 14.4 Å². The number of carbonyl (C=O) groups excluding carboxylic acids is 1. The van der Waals surface area contributed by atoms with E-state index >= 15 is 0 Å². The maximum Gasteiger partial charge on any atom is 0.330 e. The van der Waals surface area contributed by atoms with E-state index in [0.717, 1.165) is 5.57 Å². The Hall–Kier alpha value is -1.69. The lowest BCUT2D eigenvalue weighted by molar-refractivity contribution is -0.148. The van der Waals surface area contributed by atoms with Crippen molar-refractivity contribution in [2.45, 2.75) is 19.4 Å². The van der Waals surface area contributed by atoms with Gasteiger partial charge in [0.2, 0.25) is 5.91 Å². The minimum atomic E-state index is -1.03. The summed E-state index contributed by atoms with van der Waals surface area (Å²) in [7, 11) is 0. The molecule has 2 atom stereocenters. The van der Waals surface area contributed by atoms with Crippen LogP contribution in [-0.2, 0) is 9.59 Å². The molecule has 1 aromatic rings. The third kappa shape index (κ3) is 2.75. The molecule has 0 aliphatic carbocycles. The van der Waals surface area contributed by atoms with E-state index in [1.54, 1.807) is 18.2 Å². The Balaban J connectivity index is 2.23. The predicted molar refractivity (Wildman–Crippen MR) is 77.5 cm³/mol. The summed E-state index contributed by atoms with van der Waals surface area (Å²) in [5.41, 5.74) is 0.727. The topological polar surface area (TPSA) is 70.8 Å². The van der Waals surface area contributed by atoms with E-state index in [-0.39, 0.29) is 18.4 Å². The number of carbonyl (C=O) groups is 2. The SMILES string of the molecule is CCC(CS)C(=O)N1CC(c2ccco2)=CC1C(=O)O. The number of carboxylic acids is 1. The van der Waals surface area contributed by atoms with Crippen LogP contribution in [0, 0.1) is 5.92 Å². The van der Waals surface area contributed by atoms with Crippen LogP contribution in [0.2, 0.25) is 0 Å². The molecule has 1 aliphatic heterocycles. The Kier molecular flexibility index (Phi) is 4.54. The number of nitrogens with zero attached hydrogens (tertiary/aromatic N) is 1. The molecule has 0 aromatic carbocycles. The quantitative estimate of drug-likeness (QED) is 0.814. The summed E-state index contributed by atoms with van der Waals surface area (Å²) < 4.78 is 5.27. The fourth-order valence-electron chi connectivity index (χ4n) is 2.27. The van der Waals surface area contributed by atoms with Crippen LogP contribution in [0.25, 0.3) is 5.57 Å². The first-order chi connectivity index (χ1) is 9.58. The van der Waals surface area contributed by atoms with Gasteiger partial charge in [-0.05, 0) is 24.6 Å². The van der Waals surface area contributed by atoms with Gasteiger partial charge in [0.15, 0.2) is 0 Å². The van der Waals surface area contributed by atoms with Gasteiger partial charge in [0.05, 0.1) is 12.8 Å². The number of hydrogen-bond donors (Lipinski definition) is 2. The van der Waals surface area contributed by atoms with Gasteiger partial charge in [-0.15, -0.1) is 0 Å². The number of rotatable bonds is 5. The molecule has 6 heteroatoms. The Morgan fingerprint density at radius 2 is 2.35 bits per heavy atom. The molecule has 0 radical (unpaired) electrons. The summed E-state index contributed by atoms with van der Waals surface area (Å²) in [5, 5.41) is 9.29. The van der Waals surface area contributed by atoms with Crippen molar-refractivity contribution >= 4 is 30.1 Å². The van der Waals surface area contributed by atoms with Crippen molar-refractivity contribution in [3.05, 3.63) is 30.2 Å². The van der Waals surface area contributed by atoms with Crippen LogP contribution < -0.4 is 0 Å². The molecule has 1 amide bonds. The first-order valence-electron chi connectivity index (χ1n) is 6.47. The van der Waals surface area contributed by atoms with Gasteiger partial charge in [-0.1, -0.05) is 6.92 Å². The van der Waals surface area contributed by atoms with E-state index in [1.165, 1.54) is 11.2 Å². The minimum absolute atomic E-state index is 0.173. The van der Waals surface area contributed by atoms with Crippen LogP contribution in [0.3, 0.4) is 0 Å². The predicted octanol–water partition coefficient (Wildman–Crippen LogP) is 1.91. The largest absolute Gasteiger partial charge is 0.479 e. The Morgan fingerprint density at radius 3 is 2.85 bits per heavy atom. The molecule has 108 valence electrons.